The summed E-state index contributed by atoms with van der Waals surface area (Å²) >= 11 is 0. The van der Waals surface area contributed by atoms with E-state index in [4.69, 9.17) is 9.15 Å². The summed E-state index contributed by atoms with van der Waals surface area (Å²) in [6.07, 6.45) is -0.268. The molecule has 0 saturated heterocycles. The number of carbonyl (C=O) groups is 1. The minimum absolute atomic E-state index is 0.114. The third kappa shape index (κ3) is 4.80. The number of sulfonamides is 1. The van der Waals surface area contributed by atoms with E-state index in [1.165, 1.54) is 0 Å². The standard InChI is InChI=1S/C13H13F2N3O5S/c1-8-17-18-12(23-8)7-22-13(19)4-5-16-24(20,21)9-2-3-10(14)11(15)6-9/h2-3,6,16H,4-5,7H2,1H3. The van der Waals surface area contributed by atoms with E-state index in [0.717, 1.165) is 6.07 Å². The maximum absolute atomic E-state index is 13.1. The molecular weight excluding hydrogens is 348 g/mol. The maximum Gasteiger partial charge on any atom is 0.307 e. The van der Waals surface area contributed by atoms with Crippen molar-refractivity contribution >= 4 is 16.0 Å². The molecular formula is C13H13F2N3O5S. The summed E-state index contributed by atoms with van der Waals surface area (Å²) in [5.41, 5.74) is 0. The first-order chi connectivity index (χ1) is 11.3. The predicted molar refractivity (Wildman–Crippen MR) is 75.0 cm³/mol. The first-order valence-electron chi connectivity index (χ1n) is 6.67. The van der Waals surface area contributed by atoms with Gasteiger partial charge in [0, 0.05) is 13.5 Å². The number of rotatable bonds is 7. The Kier molecular flexibility index (Phi) is 5.57. The molecule has 8 nitrogen and oxygen atoms in total. The van der Waals surface area contributed by atoms with E-state index in [0.29, 0.717) is 18.0 Å². The van der Waals surface area contributed by atoms with Gasteiger partial charge in [-0.2, -0.15) is 0 Å². The van der Waals surface area contributed by atoms with Gasteiger partial charge in [0.05, 0.1) is 11.3 Å². The van der Waals surface area contributed by atoms with Gasteiger partial charge in [0.15, 0.2) is 18.2 Å². The molecule has 11 heteroatoms. The quantitative estimate of drug-likeness (QED) is 0.734. The van der Waals surface area contributed by atoms with Crippen molar-refractivity contribution in [3.05, 3.63) is 41.6 Å². The number of ether oxygens (including phenoxy) is 1. The Morgan fingerprint density at radius 1 is 1.29 bits per heavy atom. The van der Waals surface area contributed by atoms with Crippen LogP contribution in [-0.4, -0.2) is 31.1 Å². The Labute approximate surface area is 135 Å². The van der Waals surface area contributed by atoms with Crippen LogP contribution < -0.4 is 4.72 Å². The molecule has 0 unspecified atom stereocenters. The largest absolute Gasteiger partial charge is 0.456 e. The van der Waals surface area contributed by atoms with Crippen LogP contribution in [0, 0.1) is 18.6 Å². The third-order valence-corrected chi connectivity index (χ3v) is 4.21. The summed E-state index contributed by atoms with van der Waals surface area (Å²) in [6, 6.07) is 2.16. The fraction of sp³-hybridized carbons (Fsp3) is 0.308. The molecule has 130 valence electrons. The zero-order valence-electron chi connectivity index (χ0n) is 12.5. The van der Waals surface area contributed by atoms with Gasteiger partial charge in [-0.15, -0.1) is 10.2 Å². The minimum atomic E-state index is -4.06. The van der Waals surface area contributed by atoms with Crippen molar-refractivity contribution in [1.82, 2.24) is 14.9 Å². The molecule has 0 aliphatic carbocycles. The van der Waals surface area contributed by atoms with Crippen LogP contribution in [0.2, 0.25) is 0 Å². The van der Waals surface area contributed by atoms with Crippen molar-refractivity contribution in [2.75, 3.05) is 6.54 Å². The molecule has 24 heavy (non-hydrogen) atoms. The summed E-state index contributed by atoms with van der Waals surface area (Å²) in [5, 5.41) is 7.17. The van der Waals surface area contributed by atoms with E-state index in [1.807, 2.05) is 0 Å². The molecule has 0 atom stereocenters. The fourth-order valence-electron chi connectivity index (χ4n) is 1.63. The SMILES string of the molecule is Cc1nnc(COC(=O)CCNS(=O)(=O)c2ccc(F)c(F)c2)o1. The molecule has 1 aromatic heterocycles. The van der Waals surface area contributed by atoms with Gasteiger partial charge in [-0.05, 0) is 18.2 Å². The molecule has 0 spiro atoms. The van der Waals surface area contributed by atoms with Crippen LogP contribution in [0.25, 0.3) is 0 Å². The van der Waals surface area contributed by atoms with Crippen molar-refractivity contribution in [1.29, 1.82) is 0 Å². The molecule has 1 N–H and O–H groups in total. The third-order valence-electron chi connectivity index (χ3n) is 2.75. The van der Waals surface area contributed by atoms with Crippen molar-refractivity contribution in [3.8, 4) is 0 Å². The van der Waals surface area contributed by atoms with E-state index < -0.39 is 32.5 Å². The van der Waals surface area contributed by atoms with Crippen molar-refractivity contribution in [2.45, 2.75) is 24.8 Å². The Morgan fingerprint density at radius 2 is 2.04 bits per heavy atom. The first-order valence-corrected chi connectivity index (χ1v) is 8.15. The molecule has 0 fully saturated rings. The lowest BCUT2D eigenvalue weighted by atomic mass is 10.3. The van der Waals surface area contributed by atoms with Gasteiger partial charge in [0.2, 0.25) is 15.9 Å². The predicted octanol–water partition coefficient (Wildman–Crippen LogP) is 1.07. The number of halogens is 2. The minimum Gasteiger partial charge on any atom is -0.456 e. The van der Waals surface area contributed by atoms with Gasteiger partial charge >= 0.3 is 5.97 Å². The van der Waals surface area contributed by atoms with Crippen LogP contribution in [0.4, 0.5) is 8.78 Å². The highest BCUT2D eigenvalue weighted by Crippen LogP contribution is 2.13. The normalized spacial score (nSPS) is 11.5. The maximum atomic E-state index is 13.1. The molecule has 0 saturated carbocycles. The number of nitrogens with zero attached hydrogens (tertiary/aromatic N) is 2. The van der Waals surface area contributed by atoms with Crippen LogP contribution in [0.3, 0.4) is 0 Å². The molecule has 0 aliphatic heterocycles. The van der Waals surface area contributed by atoms with Crippen LogP contribution >= 0.6 is 0 Å². The Morgan fingerprint density at radius 3 is 2.67 bits per heavy atom. The Balaban J connectivity index is 1.81. The van der Waals surface area contributed by atoms with E-state index >= 15 is 0 Å². The zero-order chi connectivity index (χ0) is 17.7. The number of hydrogen-bond donors (Lipinski definition) is 1. The molecule has 0 radical (unpaired) electrons. The van der Waals surface area contributed by atoms with Gasteiger partial charge in [-0.25, -0.2) is 21.9 Å². The zero-order valence-corrected chi connectivity index (χ0v) is 13.3. The molecule has 0 bridgehead atoms. The van der Waals surface area contributed by atoms with E-state index in [2.05, 4.69) is 14.9 Å². The van der Waals surface area contributed by atoms with Gasteiger partial charge in [-0.1, -0.05) is 0 Å². The number of benzene rings is 1. The van der Waals surface area contributed by atoms with Gasteiger partial charge in [-0.3, -0.25) is 4.79 Å². The summed E-state index contributed by atoms with van der Waals surface area (Å²) in [4.78, 5) is 11.0. The second-order valence-corrected chi connectivity index (χ2v) is 6.37. The van der Waals surface area contributed by atoms with Crippen molar-refractivity contribution < 1.29 is 31.1 Å². The fourth-order valence-corrected chi connectivity index (χ4v) is 2.67. The smallest absolute Gasteiger partial charge is 0.307 e. The molecule has 1 heterocycles. The van der Waals surface area contributed by atoms with Crippen LogP contribution in [0.15, 0.2) is 27.5 Å². The highest BCUT2D eigenvalue weighted by molar-refractivity contribution is 7.89. The summed E-state index contributed by atoms with van der Waals surface area (Å²) in [5.74, 6) is -2.71. The Bertz CT molecular complexity index is 838. The van der Waals surface area contributed by atoms with Crippen LogP contribution in [0.1, 0.15) is 18.2 Å². The van der Waals surface area contributed by atoms with Crippen molar-refractivity contribution in [2.24, 2.45) is 0 Å². The summed E-state index contributed by atoms with van der Waals surface area (Å²) < 4.78 is 61.5. The highest BCUT2D eigenvalue weighted by atomic mass is 32.2. The lowest BCUT2D eigenvalue weighted by Crippen LogP contribution is -2.27. The van der Waals surface area contributed by atoms with E-state index in [-0.39, 0.29) is 25.5 Å². The highest BCUT2D eigenvalue weighted by Gasteiger charge is 2.17. The first kappa shape index (κ1) is 17.9. The number of nitrogens with one attached hydrogen (secondary N) is 1. The van der Waals surface area contributed by atoms with Crippen LogP contribution in [0.5, 0.6) is 0 Å². The average Bonchev–Trinajstić information content (AvgIpc) is 2.93. The molecule has 2 rings (SSSR count). The van der Waals surface area contributed by atoms with Crippen LogP contribution in [-0.2, 0) is 26.2 Å². The number of aryl methyl sites for hydroxylation is 1. The monoisotopic (exact) mass is 361 g/mol. The number of carbonyl (C=O) groups excluding carboxylic acids is 1. The number of hydrogen-bond acceptors (Lipinski definition) is 7. The molecule has 2 aromatic rings. The lowest BCUT2D eigenvalue weighted by molar-refractivity contribution is -0.145. The Hall–Kier alpha value is -2.40. The topological polar surface area (TPSA) is 111 Å². The second-order valence-electron chi connectivity index (χ2n) is 4.60. The average molecular weight is 361 g/mol. The van der Waals surface area contributed by atoms with E-state index in [1.54, 1.807) is 6.92 Å². The number of aromatic nitrogens is 2. The van der Waals surface area contributed by atoms with Gasteiger partial charge in [0.1, 0.15) is 0 Å². The molecule has 1 aromatic carbocycles. The molecule has 0 aliphatic rings. The van der Waals surface area contributed by atoms with E-state index in [9.17, 15) is 22.0 Å². The summed E-state index contributed by atoms with van der Waals surface area (Å²) in [6.45, 7) is 1.07. The van der Waals surface area contributed by atoms with Gasteiger partial charge < -0.3 is 9.15 Å². The summed E-state index contributed by atoms with van der Waals surface area (Å²) in [7, 11) is -4.06. The van der Waals surface area contributed by atoms with Crippen molar-refractivity contribution in [3.63, 3.8) is 0 Å². The number of esters is 1. The van der Waals surface area contributed by atoms with Gasteiger partial charge in [0.25, 0.3) is 5.89 Å². The lowest BCUT2D eigenvalue weighted by Gasteiger charge is -2.07. The second kappa shape index (κ2) is 7.45. The molecule has 0 amide bonds.